The number of ether oxygens (including phenoxy) is 2. The summed E-state index contributed by atoms with van der Waals surface area (Å²) in [6, 6.07) is 6.36. The summed E-state index contributed by atoms with van der Waals surface area (Å²) in [5.74, 6) is 0.887. The van der Waals surface area contributed by atoms with E-state index in [0.717, 1.165) is 36.3 Å². The highest BCUT2D eigenvalue weighted by molar-refractivity contribution is 9.10. The number of benzene rings is 1. The summed E-state index contributed by atoms with van der Waals surface area (Å²) >= 11 is 3.58. The Morgan fingerprint density at radius 2 is 2.17 bits per heavy atom. The van der Waals surface area contributed by atoms with Crippen molar-refractivity contribution in [1.82, 2.24) is 5.32 Å². The zero-order valence-electron chi connectivity index (χ0n) is 11.3. The molecule has 1 aromatic carbocycles. The number of halogens is 1. The maximum absolute atomic E-state index is 5.60. The molecule has 0 radical (unpaired) electrons. The Morgan fingerprint density at radius 1 is 1.39 bits per heavy atom. The first-order valence-corrected chi connectivity index (χ1v) is 7.08. The molecule has 0 fully saturated rings. The summed E-state index contributed by atoms with van der Waals surface area (Å²) in [6.45, 7) is 3.67. The number of methoxy groups -OCH3 is 1. The lowest BCUT2D eigenvalue weighted by Gasteiger charge is -2.17. The van der Waals surface area contributed by atoms with E-state index in [4.69, 9.17) is 9.47 Å². The van der Waals surface area contributed by atoms with Gasteiger partial charge in [-0.15, -0.1) is 0 Å². The van der Waals surface area contributed by atoms with Gasteiger partial charge in [0.05, 0.1) is 13.7 Å². The predicted octanol–water partition coefficient (Wildman–Crippen LogP) is 3.01. The van der Waals surface area contributed by atoms with Crippen LogP contribution in [-0.4, -0.2) is 33.4 Å². The van der Waals surface area contributed by atoms with Crippen molar-refractivity contribution in [1.29, 1.82) is 0 Å². The minimum atomic E-state index is 0.319. The first-order valence-electron chi connectivity index (χ1n) is 6.28. The standard InChI is InChI=1S/C14H22BrNO2/c1-4-7-18-10-12(16-2)8-11-9-13(17-3)5-6-14(11)15/h5-6,9,12,16H,4,7-8,10H2,1-3H3. The Hall–Kier alpha value is -0.580. The van der Waals surface area contributed by atoms with Crippen LogP contribution in [0.4, 0.5) is 0 Å². The third-order valence-corrected chi connectivity index (χ3v) is 3.57. The molecule has 0 aliphatic heterocycles. The van der Waals surface area contributed by atoms with E-state index in [0.29, 0.717) is 6.04 Å². The van der Waals surface area contributed by atoms with Crippen molar-refractivity contribution < 1.29 is 9.47 Å². The van der Waals surface area contributed by atoms with E-state index in [2.05, 4.69) is 34.2 Å². The monoisotopic (exact) mass is 315 g/mol. The van der Waals surface area contributed by atoms with Crippen molar-refractivity contribution in [2.45, 2.75) is 25.8 Å². The van der Waals surface area contributed by atoms with Crippen LogP contribution >= 0.6 is 15.9 Å². The zero-order valence-corrected chi connectivity index (χ0v) is 12.9. The fourth-order valence-corrected chi connectivity index (χ4v) is 2.12. The molecule has 1 aromatic rings. The van der Waals surface area contributed by atoms with Crippen LogP contribution in [0.5, 0.6) is 5.75 Å². The molecular weight excluding hydrogens is 294 g/mol. The fourth-order valence-electron chi connectivity index (χ4n) is 1.71. The second-order valence-corrected chi connectivity index (χ2v) is 5.08. The largest absolute Gasteiger partial charge is 0.497 e. The molecule has 1 rings (SSSR count). The molecule has 0 bridgehead atoms. The number of hydrogen-bond donors (Lipinski definition) is 1. The first-order chi connectivity index (χ1) is 8.71. The molecule has 3 nitrogen and oxygen atoms in total. The summed E-state index contributed by atoms with van der Waals surface area (Å²) in [5, 5.41) is 3.29. The van der Waals surface area contributed by atoms with Gasteiger partial charge in [-0.2, -0.15) is 0 Å². The molecule has 0 saturated carbocycles. The van der Waals surface area contributed by atoms with E-state index in [1.165, 1.54) is 5.56 Å². The summed E-state index contributed by atoms with van der Waals surface area (Å²) in [7, 11) is 3.65. The van der Waals surface area contributed by atoms with E-state index >= 15 is 0 Å². The van der Waals surface area contributed by atoms with Gasteiger partial charge in [0.25, 0.3) is 0 Å². The average molecular weight is 316 g/mol. The molecule has 0 heterocycles. The third-order valence-electron chi connectivity index (χ3n) is 2.79. The van der Waals surface area contributed by atoms with Gasteiger partial charge in [-0.05, 0) is 43.7 Å². The van der Waals surface area contributed by atoms with E-state index in [1.54, 1.807) is 7.11 Å². The van der Waals surface area contributed by atoms with Gasteiger partial charge in [0.15, 0.2) is 0 Å². The Morgan fingerprint density at radius 3 is 2.78 bits per heavy atom. The molecule has 0 aliphatic carbocycles. The van der Waals surface area contributed by atoms with Crippen molar-refractivity contribution >= 4 is 15.9 Å². The highest BCUT2D eigenvalue weighted by atomic mass is 79.9. The third kappa shape index (κ3) is 4.96. The minimum absolute atomic E-state index is 0.319. The molecule has 18 heavy (non-hydrogen) atoms. The van der Waals surface area contributed by atoms with E-state index in [-0.39, 0.29) is 0 Å². The number of hydrogen-bond acceptors (Lipinski definition) is 3. The molecule has 0 amide bonds. The van der Waals surface area contributed by atoms with Crippen LogP contribution in [0.15, 0.2) is 22.7 Å². The van der Waals surface area contributed by atoms with E-state index in [1.807, 2.05) is 19.2 Å². The summed E-state index contributed by atoms with van der Waals surface area (Å²) < 4.78 is 12.0. The second kappa shape index (κ2) is 8.51. The Balaban J connectivity index is 2.62. The molecule has 102 valence electrons. The lowest BCUT2D eigenvalue weighted by Crippen LogP contribution is -2.32. The van der Waals surface area contributed by atoms with Crippen LogP contribution in [0.1, 0.15) is 18.9 Å². The SMILES string of the molecule is CCCOCC(Cc1cc(OC)ccc1Br)NC. The van der Waals surface area contributed by atoms with E-state index < -0.39 is 0 Å². The molecule has 1 N–H and O–H groups in total. The molecule has 1 unspecified atom stereocenters. The van der Waals surface area contributed by atoms with Crippen molar-refractivity contribution in [3.63, 3.8) is 0 Å². The van der Waals surface area contributed by atoms with Gasteiger partial charge in [0.1, 0.15) is 5.75 Å². The van der Waals surface area contributed by atoms with Gasteiger partial charge in [0.2, 0.25) is 0 Å². The predicted molar refractivity (Wildman–Crippen MR) is 78.4 cm³/mol. The smallest absolute Gasteiger partial charge is 0.119 e. The molecule has 4 heteroatoms. The van der Waals surface area contributed by atoms with Crippen LogP contribution < -0.4 is 10.1 Å². The molecule has 0 aliphatic rings. The maximum Gasteiger partial charge on any atom is 0.119 e. The maximum atomic E-state index is 5.60. The van der Waals surface area contributed by atoms with Gasteiger partial charge in [-0.3, -0.25) is 0 Å². The Kier molecular flexibility index (Phi) is 7.32. The Bertz CT molecular complexity index is 358. The van der Waals surface area contributed by atoms with Crippen molar-refractivity contribution in [3.8, 4) is 5.75 Å². The van der Waals surface area contributed by atoms with Gasteiger partial charge in [-0.25, -0.2) is 0 Å². The Labute approximate surface area is 118 Å². The van der Waals surface area contributed by atoms with Crippen LogP contribution in [-0.2, 0) is 11.2 Å². The van der Waals surface area contributed by atoms with E-state index in [9.17, 15) is 0 Å². The first kappa shape index (κ1) is 15.5. The fraction of sp³-hybridized carbons (Fsp3) is 0.571. The van der Waals surface area contributed by atoms with Gasteiger partial charge in [0, 0.05) is 17.1 Å². The number of likely N-dealkylation sites (N-methyl/N-ethyl adjacent to an activating group) is 1. The highest BCUT2D eigenvalue weighted by Crippen LogP contribution is 2.23. The topological polar surface area (TPSA) is 30.5 Å². The average Bonchev–Trinajstić information content (AvgIpc) is 2.40. The lowest BCUT2D eigenvalue weighted by molar-refractivity contribution is 0.114. The van der Waals surface area contributed by atoms with Crippen LogP contribution in [0.2, 0.25) is 0 Å². The van der Waals surface area contributed by atoms with Crippen molar-refractivity contribution in [2.24, 2.45) is 0 Å². The zero-order chi connectivity index (χ0) is 13.4. The number of nitrogens with one attached hydrogen (secondary N) is 1. The highest BCUT2D eigenvalue weighted by Gasteiger charge is 2.10. The summed E-state index contributed by atoms with van der Waals surface area (Å²) in [4.78, 5) is 0. The summed E-state index contributed by atoms with van der Waals surface area (Å²) in [5.41, 5.74) is 1.23. The van der Waals surface area contributed by atoms with Gasteiger partial charge in [-0.1, -0.05) is 22.9 Å². The molecule has 1 atom stereocenters. The van der Waals surface area contributed by atoms with Gasteiger partial charge < -0.3 is 14.8 Å². The normalized spacial score (nSPS) is 12.4. The second-order valence-electron chi connectivity index (χ2n) is 4.22. The molecule has 0 aromatic heterocycles. The van der Waals surface area contributed by atoms with Gasteiger partial charge >= 0.3 is 0 Å². The van der Waals surface area contributed by atoms with Crippen LogP contribution in [0.25, 0.3) is 0 Å². The molecular formula is C14H22BrNO2. The van der Waals surface area contributed by atoms with Crippen LogP contribution in [0, 0.1) is 0 Å². The lowest BCUT2D eigenvalue weighted by atomic mass is 10.1. The molecule has 0 saturated heterocycles. The van der Waals surface area contributed by atoms with Crippen molar-refractivity contribution in [3.05, 3.63) is 28.2 Å². The molecule has 0 spiro atoms. The number of rotatable bonds is 8. The minimum Gasteiger partial charge on any atom is -0.497 e. The van der Waals surface area contributed by atoms with Crippen LogP contribution in [0.3, 0.4) is 0 Å². The summed E-state index contributed by atoms with van der Waals surface area (Å²) in [6.07, 6.45) is 1.97. The van der Waals surface area contributed by atoms with Crippen molar-refractivity contribution in [2.75, 3.05) is 27.4 Å². The quantitative estimate of drug-likeness (QED) is 0.748.